The maximum absolute atomic E-state index is 12.9. The normalized spacial score (nSPS) is 12.0. The largest absolute Gasteiger partial charge is 0.480 e. The van der Waals surface area contributed by atoms with Crippen molar-refractivity contribution < 1.29 is 31.5 Å². The highest BCUT2D eigenvalue weighted by atomic mass is 35.5. The first kappa shape index (κ1) is 33.8. The van der Waals surface area contributed by atoms with Gasteiger partial charge < -0.3 is 9.67 Å². The van der Waals surface area contributed by atoms with Crippen LogP contribution < -0.4 is 4.31 Å². The lowest BCUT2D eigenvalue weighted by atomic mass is 10.0. The fraction of sp³-hybridized carbons (Fsp3) is 0.118. The van der Waals surface area contributed by atoms with E-state index in [0.717, 1.165) is 39.4 Å². The lowest BCUT2D eigenvalue weighted by Gasteiger charge is -2.20. The van der Waals surface area contributed by atoms with E-state index in [9.17, 15) is 31.5 Å². The molecule has 242 valence electrons. The highest BCUT2D eigenvalue weighted by Crippen LogP contribution is 2.32. The third-order valence-corrected chi connectivity index (χ3v) is 8.84. The molecular weight excluding hydrogens is 674 g/mol. The van der Waals surface area contributed by atoms with Crippen molar-refractivity contribution in [2.24, 2.45) is 0 Å². The standard InChI is InChI=1S/C34H26Cl2F3N3O4S/c1-47(45,46)42(21-33(43)44)28-14-4-23(5-15-28)19-41-20-31(29-16-13-27(35)18-30(29)36)40-32(41)17-6-22-2-7-24(8-3-22)25-9-11-26(12-10-25)34(37,38)39/h2-18,20H,19,21H2,1H3,(H,43,44). The third-order valence-electron chi connectivity index (χ3n) is 7.15. The molecule has 0 saturated heterocycles. The van der Waals surface area contributed by atoms with E-state index in [2.05, 4.69) is 0 Å². The average Bonchev–Trinajstić information content (AvgIpc) is 3.40. The summed E-state index contributed by atoms with van der Waals surface area (Å²) >= 11 is 12.6. The highest BCUT2D eigenvalue weighted by Gasteiger charge is 2.30. The Morgan fingerprint density at radius 2 is 1.53 bits per heavy atom. The number of rotatable bonds is 10. The van der Waals surface area contributed by atoms with Crippen LogP contribution in [0.5, 0.6) is 0 Å². The Kier molecular flexibility index (Phi) is 9.81. The van der Waals surface area contributed by atoms with Gasteiger partial charge in [-0.05, 0) is 70.8 Å². The van der Waals surface area contributed by atoms with Crippen LogP contribution in [-0.4, -0.2) is 41.8 Å². The second-order valence-electron chi connectivity index (χ2n) is 10.6. The number of hydrogen-bond donors (Lipinski definition) is 1. The Bertz CT molecular complexity index is 2040. The van der Waals surface area contributed by atoms with Gasteiger partial charge in [-0.15, -0.1) is 0 Å². The summed E-state index contributed by atoms with van der Waals surface area (Å²) in [6.45, 7) is -0.367. The van der Waals surface area contributed by atoms with E-state index in [1.165, 1.54) is 12.1 Å². The van der Waals surface area contributed by atoms with E-state index in [-0.39, 0.29) is 5.69 Å². The van der Waals surface area contributed by atoms with Gasteiger partial charge in [-0.25, -0.2) is 13.4 Å². The SMILES string of the molecule is CS(=O)(=O)N(CC(=O)O)c1ccc(Cn2cc(-c3ccc(Cl)cc3Cl)nc2C=Cc2ccc(-c3ccc(C(F)(F)F)cc3)cc2)cc1. The van der Waals surface area contributed by atoms with Gasteiger partial charge in [0.25, 0.3) is 0 Å². The number of imidazole rings is 1. The Morgan fingerprint density at radius 1 is 0.915 bits per heavy atom. The summed E-state index contributed by atoms with van der Waals surface area (Å²) in [5.74, 6) is -0.706. The monoisotopic (exact) mass is 699 g/mol. The first-order chi connectivity index (χ1) is 22.2. The molecule has 5 aromatic rings. The molecule has 1 heterocycles. The minimum Gasteiger partial charge on any atom is -0.480 e. The van der Waals surface area contributed by atoms with Crippen LogP contribution in [0.25, 0.3) is 34.5 Å². The smallest absolute Gasteiger partial charge is 0.416 e. The van der Waals surface area contributed by atoms with E-state index in [4.69, 9.17) is 28.2 Å². The van der Waals surface area contributed by atoms with E-state index in [1.54, 1.807) is 42.5 Å². The van der Waals surface area contributed by atoms with Gasteiger partial charge in [-0.1, -0.05) is 77.8 Å². The molecule has 0 aliphatic heterocycles. The zero-order chi connectivity index (χ0) is 33.9. The van der Waals surface area contributed by atoms with Gasteiger partial charge >= 0.3 is 12.1 Å². The van der Waals surface area contributed by atoms with Gasteiger partial charge in [0, 0.05) is 23.3 Å². The van der Waals surface area contributed by atoms with E-state index in [0.29, 0.717) is 39.2 Å². The molecule has 0 unspecified atom stereocenters. The molecule has 1 N–H and O–H groups in total. The summed E-state index contributed by atoms with van der Waals surface area (Å²) in [5.41, 5.74) is 3.80. The average molecular weight is 701 g/mol. The second kappa shape index (κ2) is 13.6. The number of alkyl halides is 3. The zero-order valence-electron chi connectivity index (χ0n) is 24.6. The molecule has 0 atom stereocenters. The van der Waals surface area contributed by atoms with Crippen LogP contribution in [0, 0.1) is 0 Å². The minimum atomic E-state index is -4.40. The summed E-state index contributed by atoms with van der Waals surface area (Å²) in [4.78, 5) is 16.0. The molecule has 0 fully saturated rings. The molecule has 0 spiro atoms. The molecule has 47 heavy (non-hydrogen) atoms. The third kappa shape index (κ3) is 8.42. The molecule has 0 aliphatic rings. The number of benzene rings is 4. The summed E-state index contributed by atoms with van der Waals surface area (Å²) in [6, 6.07) is 23.9. The first-order valence-corrected chi connectivity index (χ1v) is 16.5. The van der Waals surface area contributed by atoms with Crippen LogP contribution >= 0.6 is 23.2 Å². The number of nitrogens with zero attached hydrogens (tertiary/aromatic N) is 3. The van der Waals surface area contributed by atoms with Crippen molar-refractivity contribution >= 4 is 57.0 Å². The maximum Gasteiger partial charge on any atom is 0.416 e. The minimum absolute atomic E-state index is 0.220. The Hall–Kier alpha value is -4.58. The summed E-state index contributed by atoms with van der Waals surface area (Å²) < 4.78 is 65.9. The van der Waals surface area contributed by atoms with E-state index >= 15 is 0 Å². The van der Waals surface area contributed by atoms with Crippen molar-refractivity contribution in [3.8, 4) is 22.4 Å². The number of carboxylic acid groups (broad SMARTS) is 1. The molecule has 0 amide bonds. The number of hydrogen-bond acceptors (Lipinski definition) is 4. The van der Waals surface area contributed by atoms with Gasteiger partial charge in [0.05, 0.1) is 28.2 Å². The quantitative estimate of drug-likeness (QED) is 0.158. The van der Waals surface area contributed by atoms with Crippen molar-refractivity contribution in [2.75, 3.05) is 17.1 Å². The van der Waals surface area contributed by atoms with Crippen LogP contribution in [0.3, 0.4) is 0 Å². The van der Waals surface area contributed by atoms with Gasteiger partial charge in [0.1, 0.15) is 12.4 Å². The van der Waals surface area contributed by atoms with Crippen molar-refractivity contribution in [1.82, 2.24) is 9.55 Å². The number of halogens is 5. The van der Waals surface area contributed by atoms with Crippen LogP contribution in [0.2, 0.25) is 10.0 Å². The lowest BCUT2D eigenvalue weighted by molar-refractivity contribution is -0.137. The molecule has 13 heteroatoms. The predicted octanol–water partition coefficient (Wildman–Crippen LogP) is 8.61. The fourth-order valence-electron chi connectivity index (χ4n) is 4.81. The van der Waals surface area contributed by atoms with Crippen molar-refractivity contribution in [3.63, 3.8) is 0 Å². The van der Waals surface area contributed by atoms with Gasteiger partial charge in [-0.2, -0.15) is 13.2 Å². The van der Waals surface area contributed by atoms with E-state index in [1.807, 2.05) is 47.2 Å². The first-order valence-electron chi connectivity index (χ1n) is 13.9. The summed E-state index contributed by atoms with van der Waals surface area (Å²) in [7, 11) is -3.82. The summed E-state index contributed by atoms with van der Waals surface area (Å²) in [5, 5.41) is 10.1. The second-order valence-corrected chi connectivity index (χ2v) is 13.3. The number of sulfonamides is 1. The lowest BCUT2D eigenvalue weighted by Crippen LogP contribution is -2.34. The van der Waals surface area contributed by atoms with Crippen molar-refractivity contribution in [2.45, 2.75) is 12.7 Å². The highest BCUT2D eigenvalue weighted by molar-refractivity contribution is 7.92. The fourth-order valence-corrected chi connectivity index (χ4v) is 6.17. The zero-order valence-corrected chi connectivity index (χ0v) is 26.9. The number of carbonyl (C=O) groups is 1. The van der Waals surface area contributed by atoms with Crippen LogP contribution in [-0.2, 0) is 27.5 Å². The Labute approximate surface area is 279 Å². The van der Waals surface area contributed by atoms with Crippen LogP contribution in [0.1, 0.15) is 22.5 Å². The molecule has 4 aromatic carbocycles. The number of aliphatic carboxylic acids is 1. The maximum atomic E-state index is 12.9. The van der Waals surface area contributed by atoms with Crippen LogP contribution in [0.15, 0.2) is 97.2 Å². The van der Waals surface area contributed by atoms with Crippen molar-refractivity contribution in [3.05, 3.63) is 130 Å². The summed E-state index contributed by atoms with van der Waals surface area (Å²) in [6.07, 6.45) is 2.03. The van der Waals surface area contributed by atoms with Crippen LogP contribution in [0.4, 0.5) is 18.9 Å². The Morgan fingerprint density at radius 3 is 2.09 bits per heavy atom. The predicted molar refractivity (Wildman–Crippen MR) is 179 cm³/mol. The molecule has 5 rings (SSSR count). The van der Waals surface area contributed by atoms with Gasteiger partial charge in [-0.3, -0.25) is 9.10 Å². The molecule has 7 nitrogen and oxygen atoms in total. The molecule has 0 saturated carbocycles. The molecule has 0 aliphatic carbocycles. The number of anilines is 1. The number of aromatic nitrogens is 2. The molecule has 1 aromatic heterocycles. The van der Waals surface area contributed by atoms with Crippen molar-refractivity contribution in [1.29, 1.82) is 0 Å². The van der Waals surface area contributed by atoms with Gasteiger partial charge in [0.2, 0.25) is 10.0 Å². The molecular formula is C34H26Cl2F3N3O4S. The number of carboxylic acids is 1. The van der Waals surface area contributed by atoms with Gasteiger partial charge in [0.15, 0.2) is 0 Å². The van der Waals surface area contributed by atoms with E-state index < -0.39 is 34.3 Å². The Balaban J connectivity index is 1.43. The molecule has 0 radical (unpaired) electrons. The topological polar surface area (TPSA) is 92.5 Å². The molecule has 0 bridgehead atoms.